The first-order valence-electron chi connectivity index (χ1n) is 8.62. The van der Waals surface area contributed by atoms with Crippen LogP contribution in [0.1, 0.15) is 38.9 Å². The number of nitrogens with one attached hydrogen (secondary N) is 1. The Morgan fingerprint density at radius 1 is 1.23 bits per heavy atom. The number of rotatable bonds is 8. The average Bonchev–Trinajstić information content (AvgIpc) is 3.13. The third-order valence-electron chi connectivity index (χ3n) is 3.76. The fraction of sp³-hybridized carbons (Fsp3) is 0.389. The third kappa shape index (κ3) is 4.33. The van der Waals surface area contributed by atoms with Gasteiger partial charge in [-0.05, 0) is 31.1 Å². The van der Waals surface area contributed by atoms with Gasteiger partial charge in [0.05, 0.1) is 6.26 Å². The van der Waals surface area contributed by atoms with E-state index in [-0.39, 0.29) is 24.5 Å². The van der Waals surface area contributed by atoms with E-state index in [1.54, 1.807) is 24.3 Å². The molecule has 0 aliphatic heterocycles. The van der Waals surface area contributed by atoms with E-state index >= 15 is 0 Å². The number of nitrogens with two attached hydrogens (primary N) is 1. The van der Waals surface area contributed by atoms with Gasteiger partial charge in [-0.2, -0.15) is 0 Å². The van der Waals surface area contributed by atoms with Crippen LogP contribution in [0.5, 0.6) is 0 Å². The number of amides is 1. The molecule has 0 aromatic carbocycles. The lowest BCUT2D eigenvalue weighted by Crippen LogP contribution is -2.42. The van der Waals surface area contributed by atoms with Crippen LogP contribution in [0.4, 0.5) is 11.5 Å². The van der Waals surface area contributed by atoms with Crippen molar-refractivity contribution in [3.63, 3.8) is 0 Å². The molecule has 0 fully saturated rings. The van der Waals surface area contributed by atoms with E-state index in [9.17, 15) is 14.4 Å². The summed E-state index contributed by atoms with van der Waals surface area (Å²) in [6, 6.07) is 3.50. The Labute approximate surface area is 150 Å². The van der Waals surface area contributed by atoms with E-state index in [0.29, 0.717) is 25.1 Å². The number of nitrogen functional groups attached to an aromatic ring is 1. The van der Waals surface area contributed by atoms with Crippen LogP contribution in [0.15, 0.2) is 38.5 Å². The summed E-state index contributed by atoms with van der Waals surface area (Å²) in [4.78, 5) is 37.2. The smallest absolute Gasteiger partial charge is 0.332 e. The molecule has 0 radical (unpaired) electrons. The zero-order valence-corrected chi connectivity index (χ0v) is 15.0. The number of carbonyl (C=O) groups excluding carboxylic acids is 1. The Morgan fingerprint density at radius 2 is 1.92 bits per heavy atom. The van der Waals surface area contributed by atoms with Gasteiger partial charge in [0.25, 0.3) is 5.56 Å². The molecule has 0 aliphatic rings. The zero-order chi connectivity index (χ0) is 19.1. The van der Waals surface area contributed by atoms with Gasteiger partial charge in [0.2, 0.25) is 5.91 Å². The molecule has 2 aromatic rings. The number of aromatic nitrogens is 2. The highest BCUT2D eigenvalue weighted by Gasteiger charge is 2.18. The van der Waals surface area contributed by atoms with Crippen molar-refractivity contribution in [2.75, 3.05) is 11.1 Å². The van der Waals surface area contributed by atoms with Gasteiger partial charge >= 0.3 is 5.69 Å². The molecule has 2 aromatic heterocycles. The first-order valence-corrected chi connectivity index (χ1v) is 8.62. The Bertz CT molecular complexity index is 891. The first kappa shape index (κ1) is 19.3. The maximum Gasteiger partial charge on any atom is 0.332 e. The maximum atomic E-state index is 12.6. The van der Waals surface area contributed by atoms with Gasteiger partial charge < -0.3 is 15.5 Å². The Hall–Kier alpha value is -3.03. The Morgan fingerprint density at radius 3 is 2.54 bits per heavy atom. The Kier molecular flexibility index (Phi) is 6.60. The topological polar surface area (TPSA) is 112 Å². The van der Waals surface area contributed by atoms with Crippen LogP contribution < -0.4 is 22.3 Å². The van der Waals surface area contributed by atoms with Crippen molar-refractivity contribution in [3.8, 4) is 0 Å². The quantitative estimate of drug-likeness (QED) is 0.748. The zero-order valence-electron chi connectivity index (χ0n) is 15.0. The van der Waals surface area contributed by atoms with E-state index in [1.807, 2.05) is 13.8 Å². The van der Waals surface area contributed by atoms with E-state index in [4.69, 9.17) is 10.2 Å². The first-order chi connectivity index (χ1) is 12.5. The van der Waals surface area contributed by atoms with Gasteiger partial charge in [-0.25, -0.2) is 4.79 Å². The molecule has 0 aliphatic carbocycles. The lowest BCUT2D eigenvalue weighted by molar-refractivity contribution is -0.115. The predicted molar refractivity (Wildman–Crippen MR) is 101 cm³/mol. The van der Waals surface area contributed by atoms with E-state index in [2.05, 4.69) is 5.32 Å². The average molecular weight is 360 g/mol. The number of hydrogen-bond acceptors (Lipinski definition) is 5. The van der Waals surface area contributed by atoms with Crippen molar-refractivity contribution in [2.45, 2.75) is 46.2 Å². The molecular formula is C18H24N4O4. The van der Waals surface area contributed by atoms with Crippen molar-refractivity contribution in [3.05, 3.63) is 51.1 Å². The second-order valence-electron chi connectivity index (χ2n) is 5.82. The minimum Gasteiger partial charge on any atom is -0.465 e. The number of anilines is 2. The largest absolute Gasteiger partial charge is 0.465 e. The highest BCUT2D eigenvalue weighted by atomic mass is 16.3. The summed E-state index contributed by atoms with van der Waals surface area (Å²) in [6.45, 7) is 4.40. The minimum absolute atomic E-state index is 0.0161. The lowest BCUT2D eigenvalue weighted by Gasteiger charge is -2.16. The van der Waals surface area contributed by atoms with Crippen LogP contribution in [0.25, 0.3) is 6.08 Å². The van der Waals surface area contributed by atoms with E-state index in [1.165, 1.54) is 10.8 Å². The normalized spacial score (nSPS) is 11.2. The Balaban J connectivity index is 2.28. The molecule has 0 saturated heterocycles. The van der Waals surface area contributed by atoms with Crippen LogP contribution in [0.2, 0.25) is 0 Å². The molecule has 0 bridgehead atoms. The van der Waals surface area contributed by atoms with Crippen molar-refractivity contribution < 1.29 is 9.21 Å². The van der Waals surface area contributed by atoms with Gasteiger partial charge in [0.1, 0.15) is 17.3 Å². The second-order valence-corrected chi connectivity index (χ2v) is 5.82. The summed E-state index contributed by atoms with van der Waals surface area (Å²) in [5.74, 6) is 0.207. The molecule has 0 spiro atoms. The van der Waals surface area contributed by atoms with E-state index in [0.717, 1.165) is 4.57 Å². The van der Waals surface area contributed by atoms with Crippen LogP contribution in [0.3, 0.4) is 0 Å². The van der Waals surface area contributed by atoms with Crippen molar-refractivity contribution in [1.82, 2.24) is 9.13 Å². The lowest BCUT2D eigenvalue weighted by atomic mass is 10.3. The van der Waals surface area contributed by atoms with Crippen LogP contribution >= 0.6 is 0 Å². The number of furan rings is 1. The third-order valence-corrected chi connectivity index (χ3v) is 3.76. The molecule has 2 heterocycles. The molecule has 1 amide bonds. The standard InChI is InChI=1S/C18H24N4O4/c1-3-10-21-16(19)15(17(24)22(11-4-2)18(21)25)20-14(23)9-5-7-13-8-6-12-26-13/h5-8,12H,3-4,9-11,19H2,1-2H3,(H,20,23)/b7-5+. The van der Waals surface area contributed by atoms with Crippen LogP contribution in [-0.2, 0) is 17.9 Å². The summed E-state index contributed by atoms with van der Waals surface area (Å²) in [5.41, 5.74) is 4.91. The molecule has 26 heavy (non-hydrogen) atoms. The summed E-state index contributed by atoms with van der Waals surface area (Å²) in [6.07, 6.45) is 6.15. The molecule has 0 atom stereocenters. The number of hydrogen-bond donors (Lipinski definition) is 2. The summed E-state index contributed by atoms with van der Waals surface area (Å²) in [7, 11) is 0. The van der Waals surface area contributed by atoms with Crippen LogP contribution in [0, 0.1) is 0 Å². The number of nitrogens with zero attached hydrogens (tertiary/aromatic N) is 2. The summed E-state index contributed by atoms with van der Waals surface area (Å²) < 4.78 is 7.58. The van der Waals surface area contributed by atoms with Crippen molar-refractivity contribution in [2.24, 2.45) is 0 Å². The highest BCUT2D eigenvalue weighted by molar-refractivity contribution is 5.94. The van der Waals surface area contributed by atoms with Crippen molar-refractivity contribution in [1.29, 1.82) is 0 Å². The number of carbonyl (C=O) groups is 1. The maximum absolute atomic E-state index is 12.6. The van der Waals surface area contributed by atoms with Gasteiger partial charge in [0.15, 0.2) is 0 Å². The SMILES string of the molecule is CCCn1c(N)c(NC(=O)C/C=C/c2ccco2)c(=O)n(CCC)c1=O. The molecule has 3 N–H and O–H groups in total. The fourth-order valence-corrected chi connectivity index (χ4v) is 2.55. The second kappa shape index (κ2) is 8.89. The molecule has 140 valence electrons. The van der Waals surface area contributed by atoms with E-state index < -0.39 is 17.2 Å². The molecular weight excluding hydrogens is 336 g/mol. The van der Waals surface area contributed by atoms with Gasteiger partial charge in [0, 0.05) is 19.5 Å². The predicted octanol–water partition coefficient (Wildman–Crippen LogP) is 2.05. The molecule has 0 unspecified atom stereocenters. The van der Waals surface area contributed by atoms with Crippen molar-refractivity contribution >= 4 is 23.5 Å². The van der Waals surface area contributed by atoms with Crippen LogP contribution in [-0.4, -0.2) is 15.0 Å². The molecule has 0 saturated carbocycles. The monoisotopic (exact) mass is 360 g/mol. The highest BCUT2D eigenvalue weighted by Crippen LogP contribution is 2.12. The van der Waals surface area contributed by atoms with Gasteiger partial charge in [-0.15, -0.1) is 0 Å². The summed E-state index contributed by atoms with van der Waals surface area (Å²) in [5, 5.41) is 2.54. The fourth-order valence-electron chi connectivity index (χ4n) is 2.55. The molecule has 8 heteroatoms. The van der Waals surface area contributed by atoms with Gasteiger partial charge in [-0.3, -0.25) is 18.7 Å². The summed E-state index contributed by atoms with van der Waals surface area (Å²) >= 11 is 0. The molecule has 2 rings (SSSR count). The molecule has 8 nitrogen and oxygen atoms in total. The minimum atomic E-state index is -0.579. The van der Waals surface area contributed by atoms with Gasteiger partial charge in [-0.1, -0.05) is 19.9 Å².